The Hall–Kier alpha value is -1.60. The Morgan fingerprint density at radius 1 is 1.25 bits per heavy atom. The number of hydrogen-bond donors (Lipinski definition) is 2. The van der Waals surface area contributed by atoms with Gasteiger partial charge in [-0.2, -0.15) is 0 Å². The van der Waals surface area contributed by atoms with Gasteiger partial charge >= 0.3 is 0 Å². The molecule has 1 aliphatic rings. The molecule has 1 aromatic rings. The Labute approximate surface area is 118 Å². The Bertz CT molecular complexity index is 486. The van der Waals surface area contributed by atoms with E-state index in [0.29, 0.717) is 26.1 Å². The third-order valence-electron chi connectivity index (χ3n) is 3.57. The van der Waals surface area contributed by atoms with Crippen LogP contribution in [0.15, 0.2) is 0 Å². The number of anilines is 1. The molecule has 0 spiro atoms. The Morgan fingerprint density at radius 3 is 2.50 bits per heavy atom. The molecule has 0 radical (unpaired) electrons. The van der Waals surface area contributed by atoms with Gasteiger partial charge in [-0.05, 0) is 25.7 Å². The smallest absolute Gasteiger partial charge is 0.249 e. The monoisotopic (exact) mass is 279 g/mol. The largest absolute Gasteiger partial charge is 0.381 e. The van der Waals surface area contributed by atoms with Crippen LogP contribution >= 0.6 is 0 Å². The summed E-state index contributed by atoms with van der Waals surface area (Å²) in [6.45, 7) is 4.99. The lowest BCUT2D eigenvalue weighted by atomic mass is 9.90. The van der Waals surface area contributed by atoms with E-state index in [9.17, 15) is 4.79 Å². The van der Waals surface area contributed by atoms with Gasteiger partial charge in [-0.15, -0.1) is 10.2 Å². The lowest BCUT2D eigenvalue weighted by molar-refractivity contribution is -0.124. The second-order valence-electron chi connectivity index (χ2n) is 4.96. The van der Waals surface area contributed by atoms with Gasteiger partial charge in [0.15, 0.2) is 0 Å². The molecule has 7 heteroatoms. The number of ether oxygens (including phenoxy) is 1. The highest BCUT2D eigenvalue weighted by atomic mass is 16.5. The van der Waals surface area contributed by atoms with Crippen LogP contribution in [0.5, 0.6) is 0 Å². The third-order valence-corrected chi connectivity index (χ3v) is 3.57. The van der Waals surface area contributed by atoms with E-state index in [-0.39, 0.29) is 11.9 Å². The van der Waals surface area contributed by atoms with Crippen molar-refractivity contribution in [1.82, 2.24) is 15.2 Å². The Morgan fingerprint density at radius 2 is 1.90 bits per heavy atom. The zero-order chi connectivity index (χ0) is 14.6. The number of aryl methyl sites for hydroxylation is 2. The molecule has 0 bridgehead atoms. The molecule has 1 saturated heterocycles. The maximum Gasteiger partial charge on any atom is 0.249 e. The molecular weight excluding hydrogens is 258 g/mol. The fourth-order valence-corrected chi connectivity index (χ4v) is 2.18. The van der Waals surface area contributed by atoms with Crippen LogP contribution in [0.2, 0.25) is 0 Å². The zero-order valence-corrected chi connectivity index (χ0v) is 12.0. The van der Waals surface area contributed by atoms with E-state index in [1.807, 2.05) is 13.8 Å². The van der Waals surface area contributed by atoms with Gasteiger partial charge in [0.05, 0.1) is 11.4 Å². The standard InChI is InChI=1S/C13H21N5O2/c1-3-9-10(4-2)17-18-12(15-9)16-11(19)13(14)5-7-20-8-6-13/h3-8,14H2,1-2H3,(H,15,16,18,19). The summed E-state index contributed by atoms with van der Waals surface area (Å²) in [6, 6.07) is 0. The number of hydrogen-bond acceptors (Lipinski definition) is 6. The van der Waals surface area contributed by atoms with E-state index in [4.69, 9.17) is 10.5 Å². The molecule has 2 rings (SSSR count). The fourth-order valence-electron chi connectivity index (χ4n) is 2.18. The quantitative estimate of drug-likeness (QED) is 0.829. The van der Waals surface area contributed by atoms with Crippen molar-refractivity contribution < 1.29 is 9.53 Å². The lowest BCUT2D eigenvalue weighted by Gasteiger charge is -2.31. The number of amides is 1. The molecule has 0 atom stereocenters. The van der Waals surface area contributed by atoms with Gasteiger partial charge < -0.3 is 10.5 Å². The van der Waals surface area contributed by atoms with E-state index in [1.165, 1.54) is 0 Å². The summed E-state index contributed by atoms with van der Waals surface area (Å²) in [7, 11) is 0. The maximum atomic E-state index is 12.2. The normalized spacial score (nSPS) is 17.8. The van der Waals surface area contributed by atoms with Crippen molar-refractivity contribution in [3.63, 3.8) is 0 Å². The average molecular weight is 279 g/mol. The molecule has 1 fully saturated rings. The maximum absolute atomic E-state index is 12.2. The highest BCUT2D eigenvalue weighted by molar-refractivity contribution is 5.96. The van der Waals surface area contributed by atoms with Crippen molar-refractivity contribution in [2.24, 2.45) is 5.73 Å². The third kappa shape index (κ3) is 3.10. The molecule has 7 nitrogen and oxygen atoms in total. The van der Waals surface area contributed by atoms with Crippen LogP contribution < -0.4 is 11.1 Å². The van der Waals surface area contributed by atoms with Crippen LogP contribution in [0.3, 0.4) is 0 Å². The van der Waals surface area contributed by atoms with Crippen LogP contribution in [0.4, 0.5) is 5.95 Å². The van der Waals surface area contributed by atoms with E-state index >= 15 is 0 Å². The molecule has 0 unspecified atom stereocenters. The van der Waals surface area contributed by atoms with E-state index in [2.05, 4.69) is 20.5 Å². The van der Waals surface area contributed by atoms with Gasteiger partial charge in [-0.25, -0.2) is 4.98 Å². The number of carbonyl (C=O) groups is 1. The molecular formula is C13H21N5O2. The number of aromatic nitrogens is 3. The second kappa shape index (κ2) is 6.23. The van der Waals surface area contributed by atoms with Crippen LogP contribution in [-0.4, -0.2) is 39.8 Å². The zero-order valence-electron chi connectivity index (χ0n) is 12.0. The molecule has 0 aromatic carbocycles. The Balaban J connectivity index is 2.11. The minimum atomic E-state index is -0.905. The highest BCUT2D eigenvalue weighted by Gasteiger charge is 2.36. The van der Waals surface area contributed by atoms with Crippen molar-refractivity contribution in [2.75, 3.05) is 18.5 Å². The van der Waals surface area contributed by atoms with Gasteiger partial charge in [0.25, 0.3) is 0 Å². The van der Waals surface area contributed by atoms with E-state index in [1.54, 1.807) is 0 Å². The molecule has 110 valence electrons. The molecule has 1 aromatic heterocycles. The van der Waals surface area contributed by atoms with Crippen molar-refractivity contribution in [1.29, 1.82) is 0 Å². The van der Waals surface area contributed by atoms with E-state index in [0.717, 1.165) is 24.2 Å². The topological polar surface area (TPSA) is 103 Å². The van der Waals surface area contributed by atoms with Crippen LogP contribution in [0, 0.1) is 0 Å². The summed E-state index contributed by atoms with van der Waals surface area (Å²) in [5, 5.41) is 10.7. The summed E-state index contributed by atoms with van der Waals surface area (Å²) in [5.74, 6) is -0.0470. The first kappa shape index (κ1) is 14.8. The lowest BCUT2D eigenvalue weighted by Crippen LogP contribution is -2.54. The molecule has 1 aliphatic heterocycles. The van der Waals surface area contributed by atoms with Gasteiger partial charge in [0.2, 0.25) is 11.9 Å². The van der Waals surface area contributed by atoms with Crippen LogP contribution in [0.25, 0.3) is 0 Å². The molecule has 1 amide bonds. The first-order valence-corrected chi connectivity index (χ1v) is 6.99. The molecule has 3 N–H and O–H groups in total. The predicted octanol–water partition coefficient (Wildman–Crippen LogP) is 0.443. The summed E-state index contributed by atoms with van der Waals surface area (Å²) in [6.07, 6.45) is 2.53. The van der Waals surface area contributed by atoms with E-state index < -0.39 is 5.54 Å². The molecule has 20 heavy (non-hydrogen) atoms. The summed E-state index contributed by atoms with van der Waals surface area (Å²) in [5.41, 5.74) is 6.92. The number of carbonyl (C=O) groups excluding carboxylic acids is 1. The first-order valence-electron chi connectivity index (χ1n) is 6.99. The summed E-state index contributed by atoms with van der Waals surface area (Å²) in [4.78, 5) is 16.6. The number of nitrogens with zero attached hydrogens (tertiary/aromatic N) is 3. The molecule has 0 aliphatic carbocycles. The average Bonchev–Trinajstić information content (AvgIpc) is 2.47. The fraction of sp³-hybridized carbons (Fsp3) is 0.692. The molecule has 2 heterocycles. The van der Waals surface area contributed by atoms with Gasteiger partial charge in [-0.1, -0.05) is 13.8 Å². The van der Waals surface area contributed by atoms with Crippen LogP contribution in [0.1, 0.15) is 38.1 Å². The summed E-state index contributed by atoms with van der Waals surface area (Å²) < 4.78 is 5.23. The second-order valence-corrected chi connectivity index (χ2v) is 4.96. The van der Waals surface area contributed by atoms with Crippen molar-refractivity contribution in [3.05, 3.63) is 11.4 Å². The Kier molecular flexibility index (Phi) is 4.61. The predicted molar refractivity (Wildman–Crippen MR) is 74.2 cm³/mol. The van der Waals surface area contributed by atoms with Crippen molar-refractivity contribution >= 4 is 11.9 Å². The van der Waals surface area contributed by atoms with Crippen LogP contribution in [-0.2, 0) is 22.4 Å². The SMILES string of the molecule is CCc1nnc(NC(=O)C2(N)CCOCC2)nc1CC. The van der Waals surface area contributed by atoms with Crippen molar-refractivity contribution in [3.8, 4) is 0 Å². The van der Waals surface area contributed by atoms with Gasteiger partial charge in [0.1, 0.15) is 5.54 Å². The first-order chi connectivity index (χ1) is 9.59. The number of rotatable bonds is 4. The van der Waals surface area contributed by atoms with Gasteiger partial charge in [0, 0.05) is 13.2 Å². The summed E-state index contributed by atoms with van der Waals surface area (Å²) >= 11 is 0. The molecule has 0 saturated carbocycles. The minimum absolute atomic E-state index is 0.223. The highest BCUT2D eigenvalue weighted by Crippen LogP contribution is 2.19. The minimum Gasteiger partial charge on any atom is -0.381 e. The van der Waals surface area contributed by atoms with Gasteiger partial charge in [-0.3, -0.25) is 10.1 Å². The number of nitrogens with two attached hydrogens (primary N) is 1. The number of nitrogens with one attached hydrogen (secondary N) is 1. The van der Waals surface area contributed by atoms with Crippen molar-refractivity contribution in [2.45, 2.75) is 45.1 Å².